The van der Waals surface area contributed by atoms with E-state index in [1.807, 2.05) is 4.90 Å². The predicted molar refractivity (Wildman–Crippen MR) is 110 cm³/mol. The lowest BCUT2D eigenvalue weighted by Gasteiger charge is -2.23. The minimum atomic E-state index is -0.823. The minimum Gasteiger partial charge on any atom is -0.480 e. The fourth-order valence-electron chi connectivity index (χ4n) is 3.81. The molecule has 1 fully saturated rings. The summed E-state index contributed by atoms with van der Waals surface area (Å²) in [4.78, 5) is 24.4. The van der Waals surface area contributed by atoms with Crippen LogP contribution in [0.3, 0.4) is 0 Å². The molecule has 140 valence electrons. The zero-order chi connectivity index (χ0) is 19.1. The number of carboxylic acids is 1. The summed E-state index contributed by atoms with van der Waals surface area (Å²) in [6.07, 6.45) is 2.42. The maximum atomic E-state index is 11.7. The number of hydrogen-bond acceptors (Lipinski definition) is 5. The first kappa shape index (κ1) is 18.2. The van der Waals surface area contributed by atoms with Gasteiger partial charge in [0.05, 0.1) is 5.39 Å². The van der Waals surface area contributed by atoms with Crippen molar-refractivity contribution in [2.45, 2.75) is 39.2 Å². The van der Waals surface area contributed by atoms with Crippen LogP contribution < -0.4 is 4.90 Å². The van der Waals surface area contributed by atoms with Crippen molar-refractivity contribution in [1.82, 2.24) is 9.97 Å². The van der Waals surface area contributed by atoms with E-state index in [0.717, 1.165) is 39.1 Å². The van der Waals surface area contributed by atoms with Crippen molar-refractivity contribution in [3.05, 3.63) is 40.0 Å². The smallest absolute Gasteiger partial charge is 0.326 e. The van der Waals surface area contributed by atoms with Gasteiger partial charge < -0.3 is 10.0 Å². The molecule has 1 unspecified atom stereocenters. The lowest BCUT2D eigenvalue weighted by atomic mass is 10.0. The molecular weight excluding hydrogens is 382 g/mol. The lowest BCUT2D eigenvalue weighted by Crippen LogP contribution is -2.36. The number of halogens is 1. The number of aryl methyl sites for hydroxylation is 2. The molecule has 0 spiro atoms. The molecule has 0 aliphatic carbocycles. The maximum absolute atomic E-state index is 11.7. The van der Waals surface area contributed by atoms with Crippen LogP contribution in [0.5, 0.6) is 0 Å². The number of thiophene rings is 1. The molecule has 1 atom stereocenters. The standard InChI is InChI=1S/C20H20ClN3O2S/c1-3-12-6-8-13(9-7-12)15-11(2)27-18-16(15)17(22-20(21)23-18)24-10-4-5-14(24)19(25)26/h6-9,14H,3-5,10H2,1-2H3,(H,25,26). The highest BCUT2D eigenvalue weighted by Crippen LogP contribution is 2.43. The summed E-state index contributed by atoms with van der Waals surface area (Å²) in [5, 5.41) is 10.7. The van der Waals surface area contributed by atoms with E-state index >= 15 is 0 Å². The third-order valence-electron chi connectivity index (χ3n) is 5.14. The average Bonchev–Trinajstić information content (AvgIpc) is 3.25. The quantitative estimate of drug-likeness (QED) is 0.627. The van der Waals surface area contributed by atoms with Crippen molar-refractivity contribution < 1.29 is 9.90 Å². The second-order valence-electron chi connectivity index (χ2n) is 6.77. The number of fused-ring (bicyclic) bond motifs is 1. The number of hydrogen-bond donors (Lipinski definition) is 1. The van der Waals surface area contributed by atoms with Gasteiger partial charge in [0.15, 0.2) is 0 Å². The molecule has 27 heavy (non-hydrogen) atoms. The molecular formula is C20H20ClN3O2S. The lowest BCUT2D eigenvalue weighted by molar-refractivity contribution is -0.138. The van der Waals surface area contributed by atoms with Gasteiger partial charge in [-0.15, -0.1) is 11.3 Å². The fraction of sp³-hybridized carbons (Fsp3) is 0.350. The van der Waals surface area contributed by atoms with Crippen LogP contribution in [0.4, 0.5) is 5.82 Å². The number of aromatic nitrogens is 2. The second kappa shape index (κ2) is 7.09. The van der Waals surface area contributed by atoms with Gasteiger partial charge in [-0.05, 0) is 48.9 Å². The molecule has 3 heterocycles. The van der Waals surface area contributed by atoms with Crippen molar-refractivity contribution in [1.29, 1.82) is 0 Å². The first-order valence-corrected chi connectivity index (χ1v) is 10.2. The van der Waals surface area contributed by atoms with Crippen LogP contribution >= 0.6 is 22.9 Å². The van der Waals surface area contributed by atoms with E-state index < -0.39 is 12.0 Å². The number of benzene rings is 1. The molecule has 1 N–H and O–H groups in total. The summed E-state index contributed by atoms with van der Waals surface area (Å²) < 4.78 is 0. The summed E-state index contributed by atoms with van der Waals surface area (Å²) in [6.45, 7) is 4.85. The van der Waals surface area contributed by atoms with Crippen molar-refractivity contribution in [3.63, 3.8) is 0 Å². The van der Waals surface area contributed by atoms with E-state index in [0.29, 0.717) is 18.8 Å². The molecule has 1 aliphatic heterocycles. The topological polar surface area (TPSA) is 66.3 Å². The average molecular weight is 402 g/mol. The Labute approximate surface area is 166 Å². The van der Waals surface area contributed by atoms with E-state index in [1.54, 1.807) is 11.3 Å². The first-order chi connectivity index (χ1) is 13.0. The Morgan fingerprint density at radius 2 is 2.07 bits per heavy atom. The van der Waals surface area contributed by atoms with Crippen LogP contribution in [0, 0.1) is 6.92 Å². The number of aliphatic carboxylic acids is 1. The normalized spacial score (nSPS) is 17.0. The largest absolute Gasteiger partial charge is 0.480 e. The molecule has 2 aromatic heterocycles. The van der Waals surface area contributed by atoms with E-state index in [4.69, 9.17) is 11.6 Å². The molecule has 1 saturated heterocycles. The minimum absolute atomic E-state index is 0.155. The molecule has 5 nitrogen and oxygen atoms in total. The third-order valence-corrected chi connectivity index (χ3v) is 6.31. The molecule has 4 rings (SSSR count). The van der Waals surface area contributed by atoms with E-state index in [2.05, 4.69) is 48.1 Å². The van der Waals surface area contributed by atoms with Gasteiger partial charge in [-0.1, -0.05) is 31.2 Å². The number of rotatable bonds is 4. The van der Waals surface area contributed by atoms with Gasteiger partial charge in [0.1, 0.15) is 16.7 Å². The Hall–Kier alpha value is -2.18. The van der Waals surface area contributed by atoms with E-state index in [-0.39, 0.29) is 5.28 Å². The highest BCUT2D eigenvalue weighted by Gasteiger charge is 2.34. The monoisotopic (exact) mass is 401 g/mol. The van der Waals surface area contributed by atoms with Crippen LogP contribution in [0.2, 0.25) is 5.28 Å². The number of anilines is 1. The second-order valence-corrected chi connectivity index (χ2v) is 8.31. The van der Waals surface area contributed by atoms with Gasteiger partial charge in [-0.25, -0.2) is 9.78 Å². The first-order valence-electron chi connectivity index (χ1n) is 9.05. The molecule has 0 amide bonds. The number of carboxylic acid groups (broad SMARTS) is 1. The molecule has 1 aliphatic rings. The zero-order valence-electron chi connectivity index (χ0n) is 15.2. The Balaban J connectivity index is 1.95. The van der Waals surface area contributed by atoms with Crippen LogP contribution in [-0.4, -0.2) is 33.6 Å². The highest BCUT2D eigenvalue weighted by molar-refractivity contribution is 7.19. The van der Waals surface area contributed by atoms with Crippen LogP contribution in [0.25, 0.3) is 21.3 Å². The maximum Gasteiger partial charge on any atom is 0.326 e. The van der Waals surface area contributed by atoms with Gasteiger partial charge >= 0.3 is 5.97 Å². The van der Waals surface area contributed by atoms with Crippen molar-refractivity contribution in [2.75, 3.05) is 11.4 Å². The van der Waals surface area contributed by atoms with Gasteiger partial charge in [0.2, 0.25) is 5.28 Å². The zero-order valence-corrected chi connectivity index (χ0v) is 16.8. The van der Waals surface area contributed by atoms with Gasteiger partial charge in [0, 0.05) is 17.0 Å². The molecule has 0 saturated carbocycles. The Bertz CT molecular complexity index is 1020. The molecule has 1 aromatic carbocycles. The van der Waals surface area contributed by atoms with Gasteiger partial charge in [-0.2, -0.15) is 4.98 Å². The summed E-state index contributed by atoms with van der Waals surface area (Å²) >= 11 is 7.76. The van der Waals surface area contributed by atoms with Crippen molar-refractivity contribution >= 4 is 44.9 Å². The van der Waals surface area contributed by atoms with Gasteiger partial charge in [0.25, 0.3) is 0 Å². The van der Waals surface area contributed by atoms with Crippen molar-refractivity contribution in [2.24, 2.45) is 0 Å². The van der Waals surface area contributed by atoms with Gasteiger partial charge in [-0.3, -0.25) is 0 Å². The molecule has 0 radical (unpaired) electrons. The molecule has 0 bridgehead atoms. The Morgan fingerprint density at radius 1 is 1.33 bits per heavy atom. The summed E-state index contributed by atoms with van der Waals surface area (Å²) in [5.41, 5.74) is 3.44. The van der Waals surface area contributed by atoms with Crippen LogP contribution in [0.1, 0.15) is 30.2 Å². The number of carbonyl (C=O) groups is 1. The summed E-state index contributed by atoms with van der Waals surface area (Å²) in [5.74, 6) is -0.190. The SMILES string of the molecule is CCc1ccc(-c2c(C)sc3nc(Cl)nc(N4CCCC4C(=O)O)c23)cc1. The summed E-state index contributed by atoms with van der Waals surface area (Å²) in [7, 11) is 0. The molecule has 3 aromatic rings. The third kappa shape index (κ3) is 3.17. The number of nitrogens with zero attached hydrogens (tertiary/aromatic N) is 3. The highest BCUT2D eigenvalue weighted by atomic mass is 35.5. The van der Waals surface area contributed by atoms with Crippen LogP contribution in [-0.2, 0) is 11.2 Å². The van der Waals surface area contributed by atoms with Crippen molar-refractivity contribution in [3.8, 4) is 11.1 Å². The predicted octanol–water partition coefficient (Wildman–Crippen LogP) is 4.94. The molecule has 7 heteroatoms. The van der Waals surface area contributed by atoms with E-state index in [1.165, 1.54) is 5.56 Å². The Kier molecular flexibility index (Phi) is 4.78. The fourth-order valence-corrected chi connectivity index (χ4v) is 5.06. The van der Waals surface area contributed by atoms with Crippen LogP contribution in [0.15, 0.2) is 24.3 Å². The van der Waals surface area contributed by atoms with E-state index in [9.17, 15) is 9.90 Å². The summed E-state index contributed by atoms with van der Waals surface area (Å²) in [6, 6.07) is 7.92. The Morgan fingerprint density at radius 3 is 2.74 bits per heavy atom.